The number of fused-ring (bicyclic) bond motifs is 2. The maximum atomic E-state index is 12.6. The molecule has 0 unspecified atom stereocenters. The SMILES string of the molecule is Cc1ccc(S(=O)(=O)OCC2CC(c3[nH]c(-c4ccc5ccc(-c6ccccc6)nc5c4)c4c(N)ncnc34)C2)cc1. The van der Waals surface area contributed by atoms with Crippen LogP contribution in [-0.4, -0.2) is 35.0 Å². The molecule has 3 aromatic carbocycles. The highest BCUT2D eigenvalue weighted by atomic mass is 32.2. The van der Waals surface area contributed by atoms with E-state index < -0.39 is 10.1 Å². The molecule has 0 atom stereocenters. The number of anilines is 1. The first-order valence-corrected chi connectivity index (χ1v) is 15.3. The highest BCUT2D eigenvalue weighted by Gasteiger charge is 2.35. The van der Waals surface area contributed by atoms with Crippen molar-refractivity contribution in [3.63, 3.8) is 0 Å². The summed E-state index contributed by atoms with van der Waals surface area (Å²) in [5.74, 6) is 0.707. The molecule has 3 N–H and O–H groups in total. The number of pyridine rings is 1. The molecular formula is C33H29N5O3S. The summed E-state index contributed by atoms with van der Waals surface area (Å²) < 4.78 is 30.7. The van der Waals surface area contributed by atoms with Crippen molar-refractivity contribution in [1.82, 2.24) is 19.9 Å². The first-order valence-electron chi connectivity index (χ1n) is 13.9. The molecule has 1 saturated carbocycles. The van der Waals surface area contributed by atoms with E-state index in [-0.39, 0.29) is 23.3 Å². The van der Waals surface area contributed by atoms with Crippen LogP contribution in [0.1, 0.15) is 30.0 Å². The van der Waals surface area contributed by atoms with Gasteiger partial charge in [-0.05, 0) is 49.9 Å². The summed E-state index contributed by atoms with van der Waals surface area (Å²) in [6.45, 7) is 2.06. The summed E-state index contributed by atoms with van der Waals surface area (Å²) in [6.07, 6.45) is 3.05. The van der Waals surface area contributed by atoms with Gasteiger partial charge in [0, 0.05) is 28.1 Å². The van der Waals surface area contributed by atoms with Gasteiger partial charge in [0.1, 0.15) is 12.1 Å². The highest BCUT2D eigenvalue weighted by Crippen LogP contribution is 2.46. The molecule has 0 aliphatic heterocycles. The molecule has 1 fully saturated rings. The van der Waals surface area contributed by atoms with Gasteiger partial charge in [0.25, 0.3) is 10.1 Å². The van der Waals surface area contributed by atoms with Gasteiger partial charge in [-0.15, -0.1) is 0 Å². The normalized spacial score (nSPS) is 17.0. The number of nitrogens with two attached hydrogens (primary N) is 1. The Balaban J connectivity index is 1.15. The van der Waals surface area contributed by atoms with Crippen LogP contribution in [0, 0.1) is 12.8 Å². The molecule has 0 amide bonds. The summed E-state index contributed by atoms with van der Waals surface area (Å²) in [5.41, 5.74) is 13.8. The number of hydrogen-bond donors (Lipinski definition) is 2. The standard InChI is InChI=1S/C33H29N5O3S/c1-20-7-12-26(13-8-20)42(39,40)41-18-21-15-25(16-21)31-32-29(33(34)36-19-35-32)30(38-31)24-10-9-23-11-14-27(37-28(23)17-24)22-5-3-2-4-6-22/h2-14,17,19,21,25,38H,15-16,18H2,1H3,(H2,34,35,36). The van der Waals surface area contributed by atoms with Gasteiger partial charge in [-0.1, -0.05) is 66.2 Å². The molecular weight excluding hydrogens is 546 g/mol. The second kappa shape index (κ2) is 10.3. The Hall–Kier alpha value is -4.60. The summed E-state index contributed by atoms with van der Waals surface area (Å²) in [7, 11) is -3.79. The number of nitrogens with one attached hydrogen (secondary N) is 1. The molecule has 42 heavy (non-hydrogen) atoms. The van der Waals surface area contributed by atoms with E-state index in [9.17, 15) is 8.42 Å². The van der Waals surface area contributed by atoms with Crippen molar-refractivity contribution in [2.75, 3.05) is 12.3 Å². The lowest BCUT2D eigenvalue weighted by molar-refractivity contribution is 0.161. The van der Waals surface area contributed by atoms with Crippen molar-refractivity contribution in [3.8, 4) is 22.5 Å². The Morgan fingerprint density at radius 2 is 1.69 bits per heavy atom. The fourth-order valence-electron chi connectivity index (χ4n) is 5.73. The lowest BCUT2D eigenvalue weighted by atomic mass is 9.73. The zero-order valence-electron chi connectivity index (χ0n) is 23.0. The predicted molar refractivity (Wildman–Crippen MR) is 164 cm³/mol. The molecule has 0 saturated heterocycles. The molecule has 7 rings (SSSR count). The number of aromatic amines is 1. The van der Waals surface area contributed by atoms with E-state index in [2.05, 4.69) is 51.4 Å². The van der Waals surface area contributed by atoms with Gasteiger partial charge in [-0.2, -0.15) is 8.42 Å². The summed E-state index contributed by atoms with van der Waals surface area (Å²) in [5, 5.41) is 1.83. The number of H-pyrrole nitrogens is 1. The third-order valence-electron chi connectivity index (χ3n) is 8.10. The van der Waals surface area contributed by atoms with Crippen LogP contribution < -0.4 is 5.73 Å². The molecule has 9 heteroatoms. The molecule has 3 heterocycles. The molecule has 210 valence electrons. The molecule has 0 radical (unpaired) electrons. The molecule has 6 aromatic rings. The number of nitrogen functional groups attached to an aromatic ring is 1. The van der Waals surface area contributed by atoms with Crippen LogP contribution >= 0.6 is 0 Å². The fraction of sp³-hybridized carbons (Fsp3) is 0.182. The number of rotatable bonds is 7. The third kappa shape index (κ3) is 4.80. The molecule has 0 spiro atoms. The quantitative estimate of drug-likeness (QED) is 0.205. The van der Waals surface area contributed by atoms with Gasteiger partial charge in [0.2, 0.25) is 0 Å². The first-order chi connectivity index (χ1) is 20.4. The maximum Gasteiger partial charge on any atom is 0.296 e. The van der Waals surface area contributed by atoms with E-state index in [1.54, 1.807) is 24.3 Å². The summed E-state index contributed by atoms with van der Waals surface area (Å²) in [4.78, 5) is 17.6. The maximum absolute atomic E-state index is 12.6. The van der Waals surface area contributed by atoms with Crippen LogP contribution in [0.15, 0.2) is 96.2 Å². The van der Waals surface area contributed by atoms with E-state index >= 15 is 0 Å². The van der Waals surface area contributed by atoms with Crippen LogP contribution in [0.5, 0.6) is 0 Å². The van der Waals surface area contributed by atoms with Crippen molar-refractivity contribution in [3.05, 3.63) is 103 Å². The van der Waals surface area contributed by atoms with Crippen LogP contribution in [0.4, 0.5) is 5.82 Å². The van der Waals surface area contributed by atoms with E-state index in [4.69, 9.17) is 14.9 Å². The zero-order chi connectivity index (χ0) is 28.8. The monoisotopic (exact) mass is 575 g/mol. The highest BCUT2D eigenvalue weighted by molar-refractivity contribution is 7.86. The number of nitrogens with zero attached hydrogens (tertiary/aromatic N) is 3. The minimum Gasteiger partial charge on any atom is -0.383 e. The van der Waals surface area contributed by atoms with Gasteiger partial charge in [-0.3, -0.25) is 4.18 Å². The average Bonchev–Trinajstić information content (AvgIpc) is 3.37. The summed E-state index contributed by atoms with van der Waals surface area (Å²) in [6, 6.07) is 27.1. The Kier molecular flexibility index (Phi) is 6.48. The largest absolute Gasteiger partial charge is 0.383 e. The molecule has 8 nitrogen and oxygen atoms in total. The fourth-order valence-corrected chi connectivity index (χ4v) is 6.70. The van der Waals surface area contributed by atoms with Crippen molar-refractivity contribution in [2.45, 2.75) is 30.6 Å². The third-order valence-corrected chi connectivity index (χ3v) is 9.40. The number of aromatic nitrogens is 4. The lowest BCUT2D eigenvalue weighted by Gasteiger charge is -2.34. The first kappa shape index (κ1) is 26.3. The van der Waals surface area contributed by atoms with Gasteiger partial charge in [0.15, 0.2) is 0 Å². The number of hydrogen-bond acceptors (Lipinski definition) is 7. The minimum atomic E-state index is -3.79. The van der Waals surface area contributed by atoms with Gasteiger partial charge in [-0.25, -0.2) is 15.0 Å². The van der Waals surface area contributed by atoms with Crippen molar-refractivity contribution in [1.29, 1.82) is 0 Å². The van der Waals surface area contributed by atoms with E-state index in [0.717, 1.165) is 68.4 Å². The summed E-state index contributed by atoms with van der Waals surface area (Å²) >= 11 is 0. The van der Waals surface area contributed by atoms with Crippen molar-refractivity contribution >= 4 is 37.7 Å². The average molecular weight is 576 g/mol. The van der Waals surface area contributed by atoms with E-state index in [1.807, 2.05) is 31.2 Å². The van der Waals surface area contributed by atoms with Crippen LogP contribution in [0.25, 0.3) is 44.3 Å². The van der Waals surface area contributed by atoms with Crippen LogP contribution in [-0.2, 0) is 14.3 Å². The zero-order valence-corrected chi connectivity index (χ0v) is 23.8. The molecule has 1 aliphatic carbocycles. The Morgan fingerprint density at radius 3 is 2.48 bits per heavy atom. The Labute approximate surface area is 243 Å². The number of aryl methyl sites for hydroxylation is 1. The van der Waals surface area contributed by atoms with E-state index in [1.165, 1.54) is 6.33 Å². The Morgan fingerprint density at radius 1 is 0.929 bits per heavy atom. The van der Waals surface area contributed by atoms with Crippen molar-refractivity contribution < 1.29 is 12.6 Å². The number of benzene rings is 3. The Bertz CT molecular complexity index is 2030. The predicted octanol–water partition coefficient (Wildman–Crippen LogP) is 6.63. The van der Waals surface area contributed by atoms with Crippen LogP contribution in [0.3, 0.4) is 0 Å². The van der Waals surface area contributed by atoms with Gasteiger partial charge >= 0.3 is 0 Å². The second-order valence-corrected chi connectivity index (χ2v) is 12.6. The minimum absolute atomic E-state index is 0.123. The second-order valence-electron chi connectivity index (χ2n) is 11.0. The van der Waals surface area contributed by atoms with Crippen LogP contribution in [0.2, 0.25) is 0 Å². The topological polar surface area (TPSA) is 124 Å². The van der Waals surface area contributed by atoms with E-state index in [0.29, 0.717) is 5.82 Å². The van der Waals surface area contributed by atoms with Gasteiger partial charge < -0.3 is 10.7 Å². The smallest absolute Gasteiger partial charge is 0.296 e. The van der Waals surface area contributed by atoms with Crippen molar-refractivity contribution in [2.24, 2.45) is 5.92 Å². The molecule has 1 aliphatic rings. The molecule has 3 aromatic heterocycles. The van der Waals surface area contributed by atoms with Gasteiger partial charge in [0.05, 0.1) is 39.3 Å². The molecule has 0 bridgehead atoms. The lowest BCUT2D eigenvalue weighted by Crippen LogP contribution is -2.27.